The fourth-order valence-electron chi connectivity index (χ4n) is 1.39. The molecule has 0 aromatic heterocycles. The lowest BCUT2D eigenvalue weighted by atomic mass is 10.1. The zero-order chi connectivity index (χ0) is 12.3. The van der Waals surface area contributed by atoms with Gasteiger partial charge in [0.05, 0.1) is 11.4 Å². The second-order valence-corrected chi connectivity index (χ2v) is 6.30. The zero-order valence-corrected chi connectivity index (χ0v) is 10.0. The van der Waals surface area contributed by atoms with Crippen LogP contribution in [-0.4, -0.2) is 24.5 Å². The molecular weight excluding hydrogens is 231 g/mol. The first-order valence-electron chi connectivity index (χ1n) is 5.03. The SMILES string of the molecule is CCS(=O)(=O)[C@H](C)[C@@H](O)c1ccc(F)cc1. The lowest BCUT2D eigenvalue weighted by Gasteiger charge is -2.18. The van der Waals surface area contributed by atoms with Crippen LogP contribution in [-0.2, 0) is 9.84 Å². The number of hydrogen-bond acceptors (Lipinski definition) is 3. The molecule has 0 aliphatic rings. The van der Waals surface area contributed by atoms with Crippen molar-refractivity contribution in [2.24, 2.45) is 0 Å². The molecule has 0 amide bonds. The first-order chi connectivity index (χ1) is 7.38. The van der Waals surface area contributed by atoms with Crippen molar-refractivity contribution in [1.29, 1.82) is 0 Å². The molecule has 3 nitrogen and oxygen atoms in total. The van der Waals surface area contributed by atoms with Gasteiger partial charge in [-0.05, 0) is 24.6 Å². The monoisotopic (exact) mass is 246 g/mol. The Morgan fingerprint density at radius 1 is 1.31 bits per heavy atom. The summed E-state index contributed by atoms with van der Waals surface area (Å²) in [5.41, 5.74) is 0.408. The summed E-state index contributed by atoms with van der Waals surface area (Å²) in [5, 5.41) is 8.96. The van der Waals surface area contributed by atoms with Gasteiger partial charge >= 0.3 is 0 Å². The van der Waals surface area contributed by atoms with Crippen molar-refractivity contribution in [2.45, 2.75) is 25.2 Å². The van der Waals surface area contributed by atoms with Crippen LogP contribution in [0.5, 0.6) is 0 Å². The second kappa shape index (κ2) is 4.93. The average Bonchev–Trinajstić information content (AvgIpc) is 2.28. The van der Waals surface area contributed by atoms with Crippen molar-refractivity contribution in [3.63, 3.8) is 0 Å². The van der Waals surface area contributed by atoms with Crippen LogP contribution in [0.25, 0.3) is 0 Å². The molecule has 1 N–H and O–H groups in total. The standard InChI is InChI=1S/C11H15FO3S/c1-3-16(14,15)8(2)11(13)9-4-6-10(12)7-5-9/h4-8,11,13H,3H2,1-2H3/t8-,11-/m1/s1. The molecule has 0 unspecified atom stereocenters. The second-order valence-electron chi connectivity index (χ2n) is 3.65. The Labute approximate surface area is 94.8 Å². The summed E-state index contributed by atoms with van der Waals surface area (Å²) >= 11 is 0. The molecule has 2 atom stereocenters. The Balaban J connectivity index is 2.94. The Hall–Kier alpha value is -0.940. The van der Waals surface area contributed by atoms with Crippen LogP contribution in [0, 0.1) is 5.82 Å². The predicted octanol–water partition coefficient (Wildman–Crippen LogP) is 1.68. The predicted molar refractivity (Wildman–Crippen MR) is 60.3 cm³/mol. The fraction of sp³-hybridized carbons (Fsp3) is 0.455. The summed E-state index contributed by atoms with van der Waals surface area (Å²) in [7, 11) is -3.30. The third kappa shape index (κ3) is 2.80. The van der Waals surface area contributed by atoms with Gasteiger partial charge in [-0.2, -0.15) is 0 Å². The van der Waals surface area contributed by atoms with E-state index in [1.807, 2.05) is 0 Å². The molecule has 0 spiro atoms. The van der Waals surface area contributed by atoms with Gasteiger partial charge in [0.15, 0.2) is 9.84 Å². The Bertz CT molecular complexity index is 439. The minimum absolute atomic E-state index is 0.0214. The van der Waals surface area contributed by atoms with Crippen LogP contribution >= 0.6 is 0 Å². The van der Waals surface area contributed by atoms with Gasteiger partial charge in [-0.1, -0.05) is 19.1 Å². The maximum Gasteiger partial charge on any atom is 0.155 e. The van der Waals surface area contributed by atoms with E-state index in [2.05, 4.69) is 0 Å². The molecule has 0 aliphatic heterocycles. The van der Waals surface area contributed by atoms with Crippen LogP contribution in [0.15, 0.2) is 24.3 Å². The molecular formula is C11H15FO3S. The molecule has 1 aromatic rings. The van der Waals surface area contributed by atoms with Gasteiger partial charge in [-0.25, -0.2) is 12.8 Å². The number of sulfone groups is 1. The lowest BCUT2D eigenvalue weighted by molar-refractivity contribution is 0.176. The first kappa shape index (κ1) is 13.1. The third-order valence-electron chi connectivity index (χ3n) is 2.62. The summed E-state index contributed by atoms with van der Waals surface area (Å²) in [4.78, 5) is 0. The highest BCUT2D eigenvalue weighted by molar-refractivity contribution is 7.92. The summed E-state index contributed by atoms with van der Waals surface area (Å²) < 4.78 is 35.7. The largest absolute Gasteiger partial charge is 0.387 e. The zero-order valence-electron chi connectivity index (χ0n) is 9.22. The van der Waals surface area contributed by atoms with Crippen molar-refractivity contribution < 1.29 is 17.9 Å². The molecule has 0 saturated carbocycles. The maximum absolute atomic E-state index is 12.7. The van der Waals surface area contributed by atoms with E-state index < -0.39 is 27.0 Å². The highest BCUT2D eigenvalue weighted by atomic mass is 32.2. The molecule has 0 bridgehead atoms. The Morgan fingerprint density at radius 3 is 2.25 bits per heavy atom. The van der Waals surface area contributed by atoms with Crippen LogP contribution in [0.4, 0.5) is 4.39 Å². The van der Waals surface area contributed by atoms with Gasteiger partial charge < -0.3 is 5.11 Å². The average molecular weight is 246 g/mol. The summed E-state index contributed by atoms with van der Waals surface area (Å²) in [5.74, 6) is -0.436. The molecule has 5 heteroatoms. The molecule has 16 heavy (non-hydrogen) atoms. The molecule has 0 heterocycles. The number of benzene rings is 1. The van der Waals surface area contributed by atoms with Gasteiger partial charge in [0.1, 0.15) is 5.82 Å². The van der Waals surface area contributed by atoms with Gasteiger partial charge in [0.2, 0.25) is 0 Å². The van der Waals surface area contributed by atoms with Crippen molar-refractivity contribution in [1.82, 2.24) is 0 Å². The number of rotatable bonds is 4. The van der Waals surface area contributed by atoms with Gasteiger partial charge in [-0.3, -0.25) is 0 Å². The van der Waals surface area contributed by atoms with E-state index in [9.17, 15) is 17.9 Å². The summed E-state index contributed by atoms with van der Waals surface area (Å²) in [6.45, 7) is 2.98. The number of halogens is 1. The van der Waals surface area contributed by atoms with Crippen LogP contribution in [0.2, 0.25) is 0 Å². The van der Waals surface area contributed by atoms with E-state index in [1.165, 1.54) is 38.1 Å². The maximum atomic E-state index is 12.7. The number of aliphatic hydroxyl groups is 1. The molecule has 0 fully saturated rings. The molecule has 0 radical (unpaired) electrons. The van der Waals surface area contributed by atoms with Gasteiger partial charge in [0.25, 0.3) is 0 Å². The molecule has 0 aliphatic carbocycles. The van der Waals surface area contributed by atoms with E-state index in [0.29, 0.717) is 5.56 Å². The Morgan fingerprint density at radius 2 is 1.81 bits per heavy atom. The number of aliphatic hydroxyl groups excluding tert-OH is 1. The highest BCUT2D eigenvalue weighted by Crippen LogP contribution is 2.22. The summed E-state index contributed by atoms with van der Waals surface area (Å²) in [6.07, 6.45) is -1.12. The quantitative estimate of drug-likeness (QED) is 0.879. The van der Waals surface area contributed by atoms with Crippen molar-refractivity contribution in [2.75, 3.05) is 5.75 Å². The molecule has 0 saturated heterocycles. The fourth-order valence-corrected chi connectivity index (χ4v) is 2.47. The first-order valence-corrected chi connectivity index (χ1v) is 6.75. The molecule has 90 valence electrons. The van der Waals surface area contributed by atoms with E-state index >= 15 is 0 Å². The molecule has 1 aromatic carbocycles. The molecule has 1 rings (SSSR count). The third-order valence-corrected chi connectivity index (χ3v) is 4.82. The van der Waals surface area contributed by atoms with E-state index in [-0.39, 0.29) is 5.75 Å². The van der Waals surface area contributed by atoms with Crippen molar-refractivity contribution in [3.05, 3.63) is 35.6 Å². The van der Waals surface area contributed by atoms with Crippen molar-refractivity contribution in [3.8, 4) is 0 Å². The lowest BCUT2D eigenvalue weighted by Crippen LogP contribution is -2.26. The van der Waals surface area contributed by atoms with Gasteiger partial charge in [-0.15, -0.1) is 0 Å². The van der Waals surface area contributed by atoms with E-state index in [0.717, 1.165) is 0 Å². The van der Waals surface area contributed by atoms with Crippen LogP contribution < -0.4 is 0 Å². The minimum Gasteiger partial charge on any atom is -0.387 e. The van der Waals surface area contributed by atoms with Gasteiger partial charge in [0, 0.05) is 5.75 Å². The van der Waals surface area contributed by atoms with E-state index in [4.69, 9.17) is 0 Å². The highest BCUT2D eigenvalue weighted by Gasteiger charge is 2.27. The smallest absolute Gasteiger partial charge is 0.155 e. The normalized spacial score (nSPS) is 15.8. The summed E-state index contributed by atoms with van der Waals surface area (Å²) in [6, 6.07) is 5.18. The topological polar surface area (TPSA) is 54.4 Å². The van der Waals surface area contributed by atoms with E-state index in [1.54, 1.807) is 0 Å². The van der Waals surface area contributed by atoms with Crippen molar-refractivity contribution >= 4 is 9.84 Å². The Kier molecular flexibility index (Phi) is 4.04. The number of hydrogen-bond donors (Lipinski definition) is 1. The van der Waals surface area contributed by atoms with Crippen LogP contribution in [0.1, 0.15) is 25.5 Å². The van der Waals surface area contributed by atoms with Crippen LogP contribution in [0.3, 0.4) is 0 Å². The minimum atomic E-state index is -3.30.